The number of carbonyl (C=O) groups is 2. The number of nitrogens with two attached hydrogens (primary N) is 1. The molecule has 20 heavy (non-hydrogen) atoms. The highest BCUT2D eigenvalue weighted by molar-refractivity contribution is 5.95. The van der Waals surface area contributed by atoms with E-state index < -0.39 is 0 Å². The van der Waals surface area contributed by atoms with Crippen molar-refractivity contribution in [3.05, 3.63) is 29.8 Å². The Balaban J connectivity index is 2.02. The molecule has 0 aromatic heterocycles. The highest BCUT2D eigenvalue weighted by Crippen LogP contribution is 2.15. The molecule has 0 radical (unpaired) electrons. The smallest absolute Gasteiger partial charge is 0.241 e. The highest BCUT2D eigenvalue weighted by atomic mass is 16.2. The Bertz CT molecular complexity index is 504. The summed E-state index contributed by atoms with van der Waals surface area (Å²) in [7, 11) is 0. The van der Waals surface area contributed by atoms with Gasteiger partial charge in [0, 0.05) is 25.3 Å². The molecule has 1 fully saturated rings. The van der Waals surface area contributed by atoms with Gasteiger partial charge in [-0.15, -0.1) is 0 Å². The number of piperazine rings is 1. The normalized spacial score (nSPS) is 17.4. The van der Waals surface area contributed by atoms with Crippen molar-refractivity contribution in [3.8, 4) is 0 Å². The van der Waals surface area contributed by atoms with Gasteiger partial charge < -0.3 is 16.4 Å². The number of nitrogens with zero attached hydrogens (tertiary/aromatic N) is 1. The van der Waals surface area contributed by atoms with Crippen LogP contribution >= 0.6 is 0 Å². The fourth-order valence-electron chi connectivity index (χ4n) is 2.21. The van der Waals surface area contributed by atoms with Gasteiger partial charge in [-0.25, -0.2) is 0 Å². The molecule has 1 unspecified atom stereocenters. The zero-order valence-corrected chi connectivity index (χ0v) is 11.6. The average Bonchev–Trinajstić information content (AvgIpc) is 2.47. The number of rotatable bonds is 4. The number of anilines is 1. The molecule has 4 N–H and O–H groups in total. The van der Waals surface area contributed by atoms with Crippen LogP contribution in [0, 0.1) is 0 Å². The first-order chi connectivity index (χ1) is 9.61. The zero-order chi connectivity index (χ0) is 14.5. The summed E-state index contributed by atoms with van der Waals surface area (Å²) in [5.74, 6) is -0.168. The Labute approximate surface area is 118 Å². The molecule has 0 saturated carbocycles. The van der Waals surface area contributed by atoms with Crippen LogP contribution in [0.15, 0.2) is 24.3 Å². The number of benzene rings is 1. The summed E-state index contributed by atoms with van der Waals surface area (Å²) in [4.78, 5) is 25.5. The summed E-state index contributed by atoms with van der Waals surface area (Å²) in [6, 6.07) is 7.10. The highest BCUT2D eigenvalue weighted by Gasteiger charge is 2.26. The third kappa shape index (κ3) is 3.34. The van der Waals surface area contributed by atoms with Crippen molar-refractivity contribution in [3.63, 3.8) is 0 Å². The number of hydrogen-bond acceptors (Lipinski definition) is 4. The standard InChI is InChI=1S/C14H20N4O2/c1-10(18-7-6-16-13(19)9-18)14(20)17-12-5-3-2-4-11(12)8-15/h2-5,10H,6-9,15H2,1H3,(H,16,19)(H,17,20). The molecule has 6 heteroatoms. The lowest BCUT2D eigenvalue weighted by Gasteiger charge is -2.31. The van der Waals surface area contributed by atoms with E-state index in [2.05, 4.69) is 10.6 Å². The molecule has 2 amide bonds. The minimum Gasteiger partial charge on any atom is -0.354 e. The quantitative estimate of drug-likeness (QED) is 0.717. The molecule has 1 atom stereocenters. The van der Waals surface area contributed by atoms with Crippen LogP contribution in [0.3, 0.4) is 0 Å². The van der Waals surface area contributed by atoms with Crippen molar-refractivity contribution in [1.29, 1.82) is 0 Å². The van der Waals surface area contributed by atoms with Crippen molar-refractivity contribution in [2.75, 3.05) is 25.0 Å². The number of hydrogen-bond donors (Lipinski definition) is 3. The van der Waals surface area contributed by atoms with E-state index >= 15 is 0 Å². The summed E-state index contributed by atoms with van der Waals surface area (Å²) >= 11 is 0. The van der Waals surface area contributed by atoms with Gasteiger partial charge in [0.2, 0.25) is 11.8 Å². The van der Waals surface area contributed by atoms with Crippen molar-refractivity contribution < 1.29 is 9.59 Å². The Hall–Kier alpha value is -1.92. The van der Waals surface area contributed by atoms with E-state index in [0.29, 0.717) is 19.6 Å². The van der Waals surface area contributed by atoms with E-state index in [1.165, 1.54) is 0 Å². The van der Waals surface area contributed by atoms with Gasteiger partial charge in [0.1, 0.15) is 0 Å². The van der Waals surface area contributed by atoms with Gasteiger partial charge in [-0.2, -0.15) is 0 Å². The van der Waals surface area contributed by atoms with E-state index in [1.807, 2.05) is 29.2 Å². The Morgan fingerprint density at radius 2 is 2.25 bits per heavy atom. The number of carbonyl (C=O) groups excluding carboxylic acids is 2. The summed E-state index contributed by atoms with van der Waals surface area (Å²) < 4.78 is 0. The molecule has 2 rings (SSSR count). The van der Waals surface area contributed by atoms with Crippen molar-refractivity contribution in [1.82, 2.24) is 10.2 Å². The summed E-state index contributed by atoms with van der Waals surface area (Å²) in [6.07, 6.45) is 0. The molecule has 108 valence electrons. The second-order valence-electron chi connectivity index (χ2n) is 4.85. The average molecular weight is 276 g/mol. The SMILES string of the molecule is CC(C(=O)Nc1ccccc1CN)N1CCNC(=O)C1. The first-order valence-electron chi connectivity index (χ1n) is 6.71. The largest absolute Gasteiger partial charge is 0.354 e. The monoisotopic (exact) mass is 276 g/mol. The van der Waals surface area contributed by atoms with Crippen molar-refractivity contribution in [2.45, 2.75) is 19.5 Å². The molecule has 1 aromatic carbocycles. The van der Waals surface area contributed by atoms with Gasteiger partial charge in [-0.1, -0.05) is 18.2 Å². The third-order valence-electron chi connectivity index (χ3n) is 3.49. The first-order valence-corrected chi connectivity index (χ1v) is 6.71. The number of para-hydroxylation sites is 1. The van der Waals surface area contributed by atoms with Gasteiger partial charge in [0.15, 0.2) is 0 Å². The molecule has 1 aliphatic heterocycles. The maximum atomic E-state index is 12.3. The van der Waals surface area contributed by atoms with Crippen LogP contribution < -0.4 is 16.4 Å². The molecule has 6 nitrogen and oxygen atoms in total. The van der Waals surface area contributed by atoms with Crippen LogP contribution in [-0.2, 0) is 16.1 Å². The van der Waals surface area contributed by atoms with E-state index in [4.69, 9.17) is 5.73 Å². The molecule has 0 spiro atoms. The van der Waals surface area contributed by atoms with Gasteiger partial charge >= 0.3 is 0 Å². The lowest BCUT2D eigenvalue weighted by atomic mass is 10.1. The van der Waals surface area contributed by atoms with Gasteiger partial charge in [-0.3, -0.25) is 14.5 Å². The predicted molar refractivity (Wildman–Crippen MR) is 77.0 cm³/mol. The van der Waals surface area contributed by atoms with E-state index in [-0.39, 0.29) is 24.4 Å². The van der Waals surface area contributed by atoms with E-state index in [1.54, 1.807) is 6.92 Å². The Morgan fingerprint density at radius 1 is 1.50 bits per heavy atom. The fraction of sp³-hybridized carbons (Fsp3) is 0.429. The van der Waals surface area contributed by atoms with E-state index in [9.17, 15) is 9.59 Å². The summed E-state index contributed by atoms with van der Waals surface area (Å²) in [5, 5.41) is 5.63. The number of amides is 2. The summed E-state index contributed by atoms with van der Waals surface area (Å²) in [6.45, 7) is 3.69. The van der Waals surface area contributed by atoms with Crippen LogP contribution in [0.2, 0.25) is 0 Å². The topological polar surface area (TPSA) is 87.5 Å². The zero-order valence-electron chi connectivity index (χ0n) is 11.6. The molecular weight excluding hydrogens is 256 g/mol. The lowest BCUT2D eigenvalue weighted by Crippen LogP contribution is -2.53. The predicted octanol–water partition coefficient (Wildman–Crippen LogP) is -0.0959. The molecular formula is C14H20N4O2. The van der Waals surface area contributed by atoms with Crippen LogP contribution in [-0.4, -0.2) is 42.4 Å². The van der Waals surface area contributed by atoms with Gasteiger partial charge in [-0.05, 0) is 18.6 Å². The molecule has 1 saturated heterocycles. The fourth-order valence-corrected chi connectivity index (χ4v) is 2.21. The van der Waals surface area contributed by atoms with Crippen LogP contribution in [0.5, 0.6) is 0 Å². The lowest BCUT2D eigenvalue weighted by molar-refractivity contribution is -0.127. The summed E-state index contributed by atoms with van der Waals surface area (Å²) in [5.41, 5.74) is 7.27. The minimum atomic E-state index is -0.355. The second-order valence-corrected chi connectivity index (χ2v) is 4.85. The molecule has 1 aromatic rings. The minimum absolute atomic E-state index is 0.0433. The van der Waals surface area contributed by atoms with E-state index in [0.717, 1.165) is 11.3 Å². The Kier molecular flexibility index (Phi) is 4.70. The second kappa shape index (κ2) is 6.49. The van der Waals surface area contributed by atoms with Crippen LogP contribution in [0.4, 0.5) is 5.69 Å². The molecule has 0 aliphatic carbocycles. The van der Waals surface area contributed by atoms with Gasteiger partial charge in [0.25, 0.3) is 0 Å². The molecule has 0 bridgehead atoms. The van der Waals surface area contributed by atoms with Crippen molar-refractivity contribution >= 4 is 17.5 Å². The first kappa shape index (κ1) is 14.5. The Morgan fingerprint density at radius 3 is 2.95 bits per heavy atom. The molecule has 1 heterocycles. The van der Waals surface area contributed by atoms with Crippen molar-refractivity contribution in [2.24, 2.45) is 5.73 Å². The third-order valence-corrected chi connectivity index (χ3v) is 3.49. The maximum Gasteiger partial charge on any atom is 0.241 e. The molecule has 1 aliphatic rings. The van der Waals surface area contributed by atoms with Crippen LogP contribution in [0.25, 0.3) is 0 Å². The maximum absolute atomic E-state index is 12.3. The van der Waals surface area contributed by atoms with Crippen LogP contribution in [0.1, 0.15) is 12.5 Å². The van der Waals surface area contributed by atoms with Gasteiger partial charge in [0.05, 0.1) is 12.6 Å². The number of nitrogens with one attached hydrogen (secondary N) is 2.